The van der Waals surface area contributed by atoms with Crippen LogP contribution < -0.4 is 10.1 Å². The summed E-state index contributed by atoms with van der Waals surface area (Å²) in [6, 6.07) is 4.66. The van der Waals surface area contributed by atoms with Gasteiger partial charge in [-0.1, -0.05) is 17.7 Å². The number of aliphatic hydroxyl groups is 1. The Labute approximate surface area is 208 Å². The first-order valence-electron chi connectivity index (χ1n) is 10.6. The summed E-state index contributed by atoms with van der Waals surface area (Å²) >= 11 is 6.18. The number of aryl methyl sites for hydroxylation is 1. The molecule has 2 aromatic heterocycles. The van der Waals surface area contributed by atoms with Crippen molar-refractivity contribution < 1.29 is 45.0 Å². The van der Waals surface area contributed by atoms with Gasteiger partial charge in [0, 0.05) is 35.4 Å². The SMILES string of the molecule is Cn1nc(C(F)(F)C(F)(F)F)c(OCC(F)(F)F)c1-n1cc(-c2ccc(Cl)c(C(O)NC3CC3)c2)cn1. The van der Waals surface area contributed by atoms with E-state index in [1.165, 1.54) is 30.6 Å². The number of nitrogens with zero attached hydrogens (tertiary/aromatic N) is 4. The highest BCUT2D eigenvalue weighted by molar-refractivity contribution is 6.31. The Bertz CT molecular complexity index is 1280. The lowest BCUT2D eigenvalue weighted by molar-refractivity contribution is -0.291. The van der Waals surface area contributed by atoms with Gasteiger partial charge in [0.05, 0.1) is 6.20 Å². The van der Waals surface area contributed by atoms with Crippen molar-refractivity contribution in [3.63, 3.8) is 0 Å². The van der Waals surface area contributed by atoms with Crippen LogP contribution in [0.25, 0.3) is 16.9 Å². The topological polar surface area (TPSA) is 77.1 Å². The molecule has 1 saturated carbocycles. The maximum absolute atomic E-state index is 14.1. The number of alkyl halides is 8. The van der Waals surface area contributed by atoms with Crippen molar-refractivity contribution in [2.45, 2.75) is 43.4 Å². The molecule has 0 spiro atoms. The van der Waals surface area contributed by atoms with Crippen molar-refractivity contribution in [1.29, 1.82) is 0 Å². The zero-order valence-corrected chi connectivity index (χ0v) is 19.5. The van der Waals surface area contributed by atoms with Crippen LogP contribution in [-0.4, -0.2) is 49.7 Å². The van der Waals surface area contributed by atoms with E-state index in [-0.39, 0.29) is 16.6 Å². The van der Waals surface area contributed by atoms with Crippen molar-refractivity contribution in [2.24, 2.45) is 7.05 Å². The van der Waals surface area contributed by atoms with Gasteiger partial charge in [0.15, 0.2) is 23.9 Å². The lowest BCUT2D eigenvalue weighted by Gasteiger charge is -2.19. The molecule has 0 saturated heterocycles. The third kappa shape index (κ3) is 5.67. The van der Waals surface area contributed by atoms with E-state index in [1.807, 2.05) is 0 Å². The van der Waals surface area contributed by atoms with Gasteiger partial charge in [-0.25, -0.2) is 9.36 Å². The largest absolute Gasteiger partial charge is 0.478 e. The van der Waals surface area contributed by atoms with Gasteiger partial charge >= 0.3 is 18.3 Å². The Morgan fingerprint density at radius 3 is 2.41 bits per heavy atom. The van der Waals surface area contributed by atoms with E-state index in [0.717, 1.165) is 24.6 Å². The van der Waals surface area contributed by atoms with Gasteiger partial charge in [0.2, 0.25) is 0 Å². The Morgan fingerprint density at radius 1 is 1.14 bits per heavy atom. The lowest BCUT2D eigenvalue weighted by Crippen LogP contribution is -2.35. The summed E-state index contributed by atoms with van der Waals surface area (Å²) in [6.07, 6.45) is -8.15. The van der Waals surface area contributed by atoms with Crippen LogP contribution in [0.2, 0.25) is 5.02 Å². The lowest BCUT2D eigenvalue weighted by atomic mass is 10.1. The van der Waals surface area contributed by atoms with Crippen LogP contribution in [0.15, 0.2) is 30.6 Å². The smallest absolute Gasteiger partial charge is 0.459 e. The summed E-state index contributed by atoms with van der Waals surface area (Å²) in [4.78, 5) is 0. The molecule has 0 amide bonds. The van der Waals surface area contributed by atoms with Gasteiger partial charge in [-0.2, -0.15) is 45.3 Å². The molecule has 4 rings (SSSR count). The third-order valence-corrected chi connectivity index (χ3v) is 5.75. The van der Waals surface area contributed by atoms with Crippen LogP contribution in [0.5, 0.6) is 5.75 Å². The Balaban J connectivity index is 1.75. The highest BCUT2D eigenvalue weighted by Gasteiger charge is 2.62. The van der Waals surface area contributed by atoms with Gasteiger partial charge in [-0.05, 0) is 30.5 Å². The van der Waals surface area contributed by atoms with Crippen molar-refractivity contribution in [2.75, 3.05) is 6.61 Å². The molecule has 1 aliphatic carbocycles. The molecule has 202 valence electrons. The van der Waals surface area contributed by atoms with E-state index in [1.54, 1.807) is 0 Å². The molecule has 1 atom stereocenters. The molecule has 1 unspecified atom stereocenters. The van der Waals surface area contributed by atoms with Crippen LogP contribution in [0.1, 0.15) is 30.3 Å². The van der Waals surface area contributed by atoms with Crippen LogP contribution >= 0.6 is 11.6 Å². The van der Waals surface area contributed by atoms with Gasteiger partial charge in [-0.15, -0.1) is 0 Å². The van der Waals surface area contributed by atoms with Gasteiger partial charge in [-0.3, -0.25) is 5.32 Å². The zero-order valence-electron chi connectivity index (χ0n) is 18.7. The van der Waals surface area contributed by atoms with Gasteiger partial charge in [0.25, 0.3) is 0 Å². The van der Waals surface area contributed by atoms with Crippen LogP contribution in [0.3, 0.4) is 0 Å². The van der Waals surface area contributed by atoms with Crippen molar-refractivity contribution in [1.82, 2.24) is 24.9 Å². The molecule has 1 aromatic carbocycles. The number of hydrogen-bond donors (Lipinski definition) is 2. The van der Waals surface area contributed by atoms with Gasteiger partial charge in [0.1, 0.15) is 6.23 Å². The number of hydrogen-bond acceptors (Lipinski definition) is 5. The summed E-state index contributed by atoms with van der Waals surface area (Å²) in [6.45, 7) is -2.15. The Hall–Kier alpha value is -2.91. The number of aliphatic hydroxyl groups excluding tert-OH is 1. The minimum atomic E-state index is -6.15. The summed E-state index contributed by atoms with van der Waals surface area (Å²) in [7, 11) is 0.952. The fourth-order valence-electron chi connectivity index (χ4n) is 3.46. The van der Waals surface area contributed by atoms with E-state index in [4.69, 9.17) is 11.6 Å². The number of aromatic nitrogens is 4. The third-order valence-electron chi connectivity index (χ3n) is 5.40. The fourth-order valence-corrected chi connectivity index (χ4v) is 3.68. The van der Waals surface area contributed by atoms with E-state index in [9.17, 15) is 40.2 Å². The number of halogens is 9. The van der Waals surface area contributed by atoms with Crippen LogP contribution in [-0.2, 0) is 13.0 Å². The predicted molar refractivity (Wildman–Crippen MR) is 113 cm³/mol. The molecule has 2 N–H and O–H groups in total. The standard InChI is InChI=1S/C21H18ClF8N5O2/c1-34-18(15(37-9-19(23,24)25)16(33-34)20(26,27)21(28,29)30)35-8-11(7-31-35)10-2-5-14(22)13(6-10)17(36)32-12-3-4-12/h2,5-8,12,17,32,36H,3-4,9H2,1H3. The van der Waals surface area contributed by atoms with Crippen molar-refractivity contribution in [3.05, 3.63) is 46.9 Å². The number of rotatable bonds is 8. The van der Waals surface area contributed by atoms with Gasteiger partial charge < -0.3 is 9.84 Å². The second-order valence-corrected chi connectivity index (χ2v) is 8.76. The number of ether oxygens (including phenoxy) is 1. The average Bonchev–Trinajstić information content (AvgIpc) is 3.34. The molecular weight excluding hydrogens is 542 g/mol. The molecule has 37 heavy (non-hydrogen) atoms. The Morgan fingerprint density at radius 2 is 1.81 bits per heavy atom. The average molecular weight is 560 g/mol. The summed E-state index contributed by atoms with van der Waals surface area (Å²) in [5.41, 5.74) is -1.02. The molecule has 7 nitrogen and oxygen atoms in total. The second kappa shape index (κ2) is 9.44. The highest BCUT2D eigenvalue weighted by atomic mass is 35.5. The first-order chi connectivity index (χ1) is 17.1. The molecule has 0 bridgehead atoms. The zero-order chi connectivity index (χ0) is 27.3. The second-order valence-electron chi connectivity index (χ2n) is 8.35. The van der Waals surface area contributed by atoms with Crippen LogP contribution in [0, 0.1) is 0 Å². The molecule has 3 aromatic rings. The molecule has 1 fully saturated rings. The maximum Gasteiger partial charge on any atom is 0.459 e. The maximum atomic E-state index is 14.1. The fraction of sp³-hybridized carbons (Fsp3) is 0.429. The molecule has 2 heterocycles. The van der Waals surface area contributed by atoms with Crippen LogP contribution in [0.4, 0.5) is 35.1 Å². The van der Waals surface area contributed by atoms with Crippen molar-refractivity contribution >= 4 is 11.6 Å². The molecule has 16 heteroatoms. The molecule has 0 aliphatic heterocycles. The Kier molecular flexibility index (Phi) is 6.92. The molecular formula is C21H18ClF8N5O2. The van der Waals surface area contributed by atoms with E-state index in [2.05, 4.69) is 20.3 Å². The minimum Gasteiger partial charge on any atom is -0.478 e. The normalized spacial score (nSPS) is 15.8. The first-order valence-corrected chi connectivity index (χ1v) is 11.0. The van der Waals surface area contributed by atoms with E-state index < -0.39 is 48.4 Å². The monoisotopic (exact) mass is 559 g/mol. The van der Waals surface area contributed by atoms with Crippen molar-refractivity contribution in [3.8, 4) is 22.7 Å². The summed E-state index contributed by atoms with van der Waals surface area (Å²) in [5, 5.41) is 20.6. The summed E-state index contributed by atoms with van der Waals surface area (Å²) in [5.74, 6) is -7.74. The first kappa shape index (κ1) is 27.1. The molecule has 0 radical (unpaired) electrons. The van der Waals surface area contributed by atoms with E-state index >= 15 is 0 Å². The molecule has 1 aliphatic rings. The quantitative estimate of drug-likeness (QED) is 0.291. The number of nitrogens with one attached hydrogen (secondary N) is 1. The number of benzene rings is 1. The minimum absolute atomic E-state index is 0.140. The summed E-state index contributed by atoms with van der Waals surface area (Å²) < 4.78 is 111. The highest BCUT2D eigenvalue weighted by Crippen LogP contribution is 2.48. The van der Waals surface area contributed by atoms with E-state index in [0.29, 0.717) is 15.8 Å². The predicted octanol–water partition coefficient (Wildman–Crippen LogP) is 5.26.